The summed E-state index contributed by atoms with van der Waals surface area (Å²) in [6.45, 7) is 5.62. The van der Waals surface area contributed by atoms with Crippen LogP contribution in [-0.2, 0) is 13.6 Å². The number of aryl methyl sites for hydroxylation is 2. The van der Waals surface area contributed by atoms with Gasteiger partial charge in [0.1, 0.15) is 12.4 Å². The molecule has 0 spiro atoms. The fraction of sp³-hybridized carbons (Fsp3) is 0.769. The summed E-state index contributed by atoms with van der Waals surface area (Å²) >= 11 is 0. The minimum atomic E-state index is 0. The molecule has 3 heteroatoms. The Morgan fingerprint density at radius 2 is 1.75 bits per heavy atom. The predicted molar refractivity (Wildman–Crippen MR) is 63.7 cm³/mol. The number of hydrogen-bond donors (Lipinski definition) is 0. The van der Waals surface area contributed by atoms with E-state index in [1.165, 1.54) is 50.9 Å². The zero-order valence-corrected chi connectivity index (χ0v) is 12.5. The maximum absolute atomic E-state index is 2.35. The summed E-state index contributed by atoms with van der Waals surface area (Å²) in [5.74, 6) is 1.35. The second-order valence-electron chi connectivity index (χ2n) is 4.42. The van der Waals surface area contributed by atoms with Gasteiger partial charge in [-0.15, -0.1) is 0 Å². The Morgan fingerprint density at radius 1 is 1.12 bits per heavy atom. The molecule has 0 aliphatic rings. The Balaban J connectivity index is 0.00000225. The topological polar surface area (TPSA) is 8.81 Å². The van der Waals surface area contributed by atoms with Crippen LogP contribution < -0.4 is 21.5 Å². The molecule has 1 aromatic rings. The lowest BCUT2D eigenvalue weighted by Crippen LogP contribution is -3.00. The van der Waals surface area contributed by atoms with Crippen molar-refractivity contribution in [3.63, 3.8) is 0 Å². The third-order valence-corrected chi connectivity index (χ3v) is 3.15. The molecule has 0 amide bonds. The van der Waals surface area contributed by atoms with Crippen molar-refractivity contribution in [2.24, 2.45) is 7.05 Å². The Kier molecular flexibility index (Phi) is 8.63. The minimum absolute atomic E-state index is 0. The van der Waals surface area contributed by atoms with E-state index in [9.17, 15) is 0 Å². The monoisotopic (exact) mass is 288 g/mol. The van der Waals surface area contributed by atoms with E-state index >= 15 is 0 Å². The van der Waals surface area contributed by atoms with Gasteiger partial charge in [0.25, 0.3) is 5.82 Å². The van der Waals surface area contributed by atoms with Crippen molar-refractivity contribution in [3.05, 3.63) is 18.2 Å². The van der Waals surface area contributed by atoms with E-state index in [1.54, 1.807) is 0 Å². The van der Waals surface area contributed by atoms with Crippen LogP contribution in [0.3, 0.4) is 0 Å². The second-order valence-corrected chi connectivity index (χ2v) is 4.42. The highest BCUT2D eigenvalue weighted by Crippen LogP contribution is 2.06. The van der Waals surface area contributed by atoms with Gasteiger partial charge < -0.3 is 17.0 Å². The number of rotatable bonds is 7. The Bertz CT molecular complexity index is 281. The van der Waals surface area contributed by atoms with Gasteiger partial charge in [-0.25, -0.2) is 9.13 Å². The smallest absolute Gasteiger partial charge is 0.253 e. The van der Waals surface area contributed by atoms with E-state index in [2.05, 4.69) is 42.4 Å². The van der Waals surface area contributed by atoms with Crippen LogP contribution in [0.1, 0.15) is 51.3 Å². The number of aromatic nitrogens is 2. The summed E-state index contributed by atoms with van der Waals surface area (Å²) < 4.78 is 4.52. The first-order valence-electron chi connectivity index (χ1n) is 6.27. The lowest BCUT2D eigenvalue weighted by Gasteiger charge is -2.00. The van der Waals surface area contributed by atoms with Crippen LogP contribution in [-0.4, -0.2) is 4.57 Å². The van der Waals surface area contributed by atoms with Crippen LogP contribution in [0.4, 0.5) is 0 Å². The molecule has 0 atom stereocenters. The second kappa shape index (κ2) is 8.80. The third-order valence-electron chi connectivity index (χ3n) is 3.15. The molecular weight excluding hydrogens is 264 g/mol. The van der Waals surface area contributed by atoms with Gasteiger partial charge in [-0.2, -0.15) is 0 Å². The predicted octanol–water partition coefficient (Wildman–Crippen LogP) is -0.0145. The molecule has 0 bridgehead atoms. The van der Waals surface area contributed by atoms with Crippen molar-refractivity contribution in [1.82, 2.24) is 4.57 Å². The maximum atomic E-state index is 2.35. The summed E-state index contributed by atoms with van der Waals surface area (Å²) in [5, 5.41) is 0. The number of unbranched alkanes of at least 4 members (excludes halogenated alkanes) is 5. The molecule has 0 aliphatic carbocycles. The number of halogens is 1. The lowest BCUT2D eigenvalue weighted by atomic mass is 10.1. The third kappa shape index (κ3) is 5.15. The molecule has 0 aromatic carbocycles. The number of hydrogen-bond acceptors (Lipinski definition) is 0. The largest absolute Gasteiger partial charge is 1.00 e. The van der Waals surface area contributed by atoms with Crippen LogP contribution in [0.5, 0.6) is 0 Å². The zero-order valence-electron chi connectivity index (χ0n) is 10.9. The molecule has 1 rings (SSSR count). The van der Waals surface area contributed by atoms with Gasteiger partial charge in [-0.3, -0.25) is 0 Å². The molecule has 1 heterocycles. The Labute approximate surface area is 110 Å². The molecule has 2 nitrogen and oxygen atoms in total. The van der Waals surface area contributed by atoms with Crippen LogP contribution in [0.2, 0.25) is 0 Å². The van der Waals surface area contributed by atoms with E-state index in [4.69, 9.17) is 0 Å². The fourth-order valence-corrected chi connectivity index (χ4v) is 1.90. The molecule has 1 aromatic heterocycles. The van der Waals surface area contributed by atoms with Gasteiger partial charge >= 0.3 is 0 Å². The fourth-order valence-electron chi connectivity index (χ4n) is 1.90. The molecule has 0 N–H and O–H groups in total. The molecule has 0 unspecified atom stereocenters. The van der Waals surface area contributed by atoms with E-state index < -0.39 is 0 Å². The van der Waals surface area contributed by atoms with E-state index in [0.717, 1.165) is 0 Å². The van der Waals surface area contributed by atoms with Gasteiger partial charge in [0.2, 0.25) is 0 Å². The molecule has 0 saturated heterocycles. The molecule has 0 saturated carbocycles. The summed E-state index contributed by atoms with van der Waals surface area (Å²) in [5.41, 5.74) is 0. The molecule has 0 radical (unpaired) electrons. The molecular formula is C13H25BrN2. The first-order valence-corrected chi connectivity index (χ1v) is 6.27. The van der Waals surface area contributed by atoms with Gasteiger partial charge in [0, 0.05) is 6.92 Å². The van der Waals surface area contributed by atoms with E-state index in [0.29, 0.717) is 0 Å². The number of nitrogens with zero attached hydrogens (tertiary/aromatic N) is 2. The normalized spacial score (nSPS) is 10.2. The summed E-state index contributed by atoms with van der Waals surface area (Å²) in [6, 6.07) is 0. The van der Waals surface area contributed by atoms with Crippen LogP contribution >= 0.6 is 0 Å². The quantitative estimate of drug-likeness (QED) is 0.493. The van der Waals surface area contributed by atoms with E-state index in [-0.39, 0.29) is 17.0 Å². The van der Waals surface area contributed by atoms with Gasteiger partial charge in [-0.1, -0.05) is 32.6 Å². The summed E-state index contributed by atoms with van der Waals surface area (Å²) in [7, 11) is 2.10. The summed E-state index contributed by atoms with van der Waals surface area (Å²) in [4.78, 5) is 0. The van der Waals surface area contributed by atoms with Crippen LogP contribution in [0.15, 0.2) is 12.4 Å². The van der Waals surface area contributed by atoms with Gasteiger partial charge in [-0.05, 0) is 12.8 Å². The van der Waals surface area contributed by atoms with Crippen molar-refractivity contribution in [2.45, 2.75) is 58.9 Å². The highest BCUT2D eigenvalue weighted by Gasteiger charge is 2.07. The SMILES string of the molecule is CCCCCCCCn1cc[n+](C)c1C.[Br-]. The summed E-state index contributed by atoms with van der Waals surface area (Å²) in [6.07, 6.45) is 12.6. The Hall–Kier alpha value is -0.310. The minimum Gasteiger partial charge on any atom is -1.00 e. The average molecular weight is 289 g/mol. The molecule has 94 valence electrons. The van der Waals surface area contributed by atoms with Crippen molar-refractivity contribution in [2.75, 3.05) is 0 Å². The maximum Gasteiger partial charge on any atom is 0.253 e. The van der Waals surface area contributed by atoms with Crippen LogP contribution in [0, 0.1) is 6.92 Å². The highest BCUT2D eigenvalue weighted by molar-refractivity contribution is 4.78. The first kappa shape index (κ1) is 15.7. The Morgan fingerprint density at radius 3 is 2.31 bits per heavy atom. The zero-order chi connectivity index (χ0) is 11.1. The van der Waals surface area contributed by atoms with Crippen molar-refractivity contribution < 1.29 is 21.5 Å². The van der Waals surface area contributed by atoms with Crippen molar-refractivity contribution in [3.8, 4) is 0 Å². The first-order chi connectivity index (χ1) is 7.25. The van der Waals surface area contributed by atoms with E-state index in [1.807, 2.05) is 0 Å². The lowest BCUT2D eigenvalue weighted by molar-refractivity contribution is -0.677. The van der Waals surface area contributed by atoms with Crippen LogP contribution in [0.25, 0.3) is 0 Å². The molecule has 0 fully saturated rings. The van der Waals surface area contributed by atoms with Gasteiger partial charge in [0.15, 0.2) is 0 Å². The molecule has 16 heavy (non-hydrogen) atoms. The molecule has 0 aliphatic heterocycles. The highest BCUT2D eigenvalue weighted by atomic mass is 79.9. The standard InChI is InChI=1S/C13H25N2.BrH/c1-4-5-6-7-8-9-10-15-12-11-14(3)13(15)2;/h11-12H,4-10H2,1-3H3;1H/q+1;/p-1. The number of imidazole rings is 1. The van der Waals surface area contributed by atoms with Crippen molar-refractivity contribution in [1.29, 1.82) is 0 Å². The van der Waals surface area contributed by atoms with Gasteiger partial charge in [0.05, 0.1) is 13.6 Å². The van der Waals surface area contributed by atoms with Crippen molar-refractivity contribution >= 4 is 0 Å². The average Bonchev–Trinajstić information content (AvgIpc) is 2.54.